The SMILES string of the molecule is CC(CNC(=O)OC(C)(C)C)Nc1cc(Cl)c(F)c(Cl)c1. The molecular weight excluding hydrogens is 318 g/mol. The van der Waals surface area contributed by atoms with Gasteiger partial charge in [0, 0.05) is 18.3 Å². The minimum absolute atomic E-state index is 0.0581. The summed E-state index contributed by atoms with van der Waals surface area (Å²) in [6, 6.07) is 2.76. The molecule has 2 N–H and O–H groups in total. The Labute approximate surface area is 133 Å². The van der Waals surface area contributed by atoms with Crippen molar-refractivity contribution >= 4 is 35.0 Å². The second kappa shape index (κ2) is 7.18. The van der Waals surface area contributed by atoms with Crippen LogP contribution < -0.4 is 10.6 Å². The van der Waals surface area contributed by atoms with E-state index in [0.717, 1.165) is 0 Å². The Hall–Kier alpha value is -1.20. The Morgan fingerprint density at radius 2 is 1.86 bits per heavy atom. The molecule has 1 rings (SSSR count). The third-order valence-electron chi connectivity index (χ3n) is 2.35. The van der Waals surface area contributed by atoms with Gasteiger partial charge in [-0.2, -0.15) is 0 Å². The molecule has 1 unspecified atom stereocenters. The van der Waals surface area contributed by atoms with Crippen LogP contribution >= 0.6 is 23.2 Å². The molecule has 21 heavy (non-hydrogen) atoms. The van der Waals surface area contributed by atoms with Gasteiger partial charge in [-0.1, -0.05) is 23.2 Å². The predicted molar refractivity (Wildman–Crippen MR) is 83.7 cm³/mol. The number of anilines is 1. The fraction of sp³-hybridized carbons (Fsp3) is 0.500. The topological polar surface area (TPSA) is 50.4 Å². The Morgan fingerprint density at radius 1 is 1.33 bits per heavy atom. The Morgan fingerprint density at radius 3 is 2.33 bits per heavy atom. The quantitative estimate of drug-likeness (QED) is 0.798. The minimum Gasteiger partial charge on any atom is -0.444 e. The van der Waals surface area contributed by atoms with Crippen molar-refractivity contribution in [1.82, 2.24) is 5.32 Å². The minimum atomic E-state index is -0.650. The summed E-state index contributed by atoms with van der Waals surface area (Å²) in [5.74, 6) is -0.650. The van der Waals surface area contributed by atoms with Gasteiger partial charge in [-0.3, -0.25) is 0 Å². The molecule has 1 aromatic rings. The van der Waals surface area contributed by atoms with Crippen molar-refractivity contribution in [3.05, 3.63) is 28.0 Å². The van der Waals surface area contributed by atoms with E-state index in [-0.39, 0.29) is 16.1 Å². The number of amides is 1. The summed E-state index contributed by atoms with van der Waals surface area (Å²) in [5.41, 5.74) is 0.0311. The van der Waals surface area contributed by atoms with Gasteiger partial charge in [-0.15, -0.1) is 0 Å². The summed E-state index contributed by atoms with van der Waals surface area (Å²) in [6.07, 6.45) is -0.494. The number of alkyl carbamates (subject to hydrolysis) is 1. The number of halogens is 3. The van der Waals surface area contributed by atoms with Crippen LogP contribution in [0.3, 0.4) is 0 Å². The molecule has 0 aliphatic carbocycles. The first-order valence-corrected chi connectivity index (χ1v) is 7.22. The van der Waals surface area contributed by atoms with E-state index in [1.807, 2.05) is 6.92 Å². The van der Waals surface area contributed by atoms with Gasteiger partial charge < -0.3 is 15.4 Å². The Balaban J connectivity index is 2.51. The number of ether oxygens (including phenoxy) is 1. The largest absolute Gasteiger partial charge is 0.444 e. The molecule has 0 saturated heterocycles. The molecule has 0 spiro atoms. The van der Waals surface area contributed by atoms with E-state index in [0.29, 0.717) is 12.2 Å². The molecule has 7 heteroatoms. The summed E-state index contributed by atoms with van der Waals surface area (Å²) in [5, 5.41) is 5.58. The standard InChI is InChI=1S/C14H19Cl2FN2O2/c1-8(7-18-13(20)21-14(2,3)4)19-9-5-10(15)12(17)11(16)6-9/h5-6,8,19H,7H2,1-4H3,(H,18,20). The number of benzene rings is 1. The van der Waals surface area contributed by atoms with E-state index in [9.17, 15) is 9.18 Å². The van der Waals surface area contributed by atoms with Crippen molar-refractivity contribution < 1.29 is 13.9 Å². The van der Waals surface area contributed by atoms with Crippen LogP contribution in [0, 0.1) is 5.82 Å². The first-order chi connectivity index (χ1) is 9.58. The maximum atomic E-state index is 13.3. The van der Waals surface area contributed by atoms with Gasteiger partial charge >= 0.3 is 6.09 Å². The Kier molecular flexibility index (Phi) is 6.10. The smallest absolute Gasteiger partial charge is 0.407 e. The van der Waals surface area contributed by atoms with Crippen LogP contribution in [0.25, 0.3) is 0 Å². The first-order valence-electron chi connectivity index (χ1n) is 6.46. The zero-order valence-corrected chi connectivity index (χ0v) is 13.9. The van der Waals surface area contributed by atoms with Crippen molar-refractivity contribution in [2.24, 2.45) is 0 Å². The highest BCUT2D eigenvalue weighted by molar-refractivity contribution is 6.35. The van der Waals surface area contributed by atoms with Crippen molar-refractivity contribution in [2.45, 2.75) is 39.3 Å². The van der Waals surface area contributed by atoms with Crippen LogP contribution in [0.4, 0.5) is 14.9 Å². The van der Waals surface area contributed by atoms with Crippen LogP contribution in [0.1, 0.15) is 27.7 Å². The molecular formula is C14H19Cl2FN2O2. The van der Waals surface area contributed by atoms with Gasteiger partial charge in [-0.25, -0.2) is 9.18 Å². The molecule has 1 atom stereocenters. The van der Waals surface area contributed by atoms with E-state index < -0.39 is 17.5 Å². The fourth-order valence-electron chi connectivity index (χ4n) is 1.53. The van der Waals surface area contributed by atoms with Crippen molar-refractivity contribution in [2.75, 3.05) is 11.9 Å². The number of hydrogen-bond acceptors (Lipinski definition) is 3. The molecule has 0 aliphatic heterocycles. The highest BCUT2D eigenvalue weighted by Gasteiger charge is 2.16. The average molecular weight is 337 g/mol. The average Bonchev–Trinajstić information content (AvgIpc) is 2.31. The third kappa shape index (κ3) is 6.40. The zero-order chi connectivity index (χ0) is 16.2. The molecule has 0 aliphatic rings. The normalized spacial score (nSPS) is 12.7. The van der Waals surface area contributed by atoms with Crippen molar-refractivity contribution in [1.29, 1.82) is 0 Å². The van der Waals surface area contributed by atoms with Gasteiger partial charge in [0.15, 0.2) is 5.82 Å². The summed E-state index contributed by atoms with van der Waals surface area (Å²) < 4.78 is 18.4. The second-order valence-corrected chi connectivity index (χ2v) is 6.50. The number of carbonyl (C=O) groups excluding carboxylic acids is 1. The Bertz CT molecular complexity index is 495. The lowest BCUT2D eigenvalue weighted by molar-refractivity contribution is 0.0526. The molecule has 0 fully saturated rings. The lowest BCUT2D eigenvalue weighted by Gasteiger charge is -2.21. The first kappa shape index (κ1) is 17.9. The lowest BCUT2D eigenvalue weighted by Crippen LogP contribution is -2.38. The van der Waals surface area contributed by atoms with Crippen LogP contribution in [0.5, 0.6) is 0 Å². The molecule has 0 radical (unpaired) electrons. The van der Waals surface area contributed by atoms with E-state index in [2.05, 4.69) is 10.6 Å². The van der Waals surface area contributed by atoms with E-state index in [1.165, 1.54) is 12.1 Å². The summed E-state index contributed by atoms with van der Waals surface area (Å²) >= 11 is 11.4. The van der Waals surface area contributed by atoms with Gasteiger partial charge in [0.25, 0.3) is 0 Å². The number of rotatable bonds is 4. The van der Waals surface area contributed by atoms with Crippen LogP contribution in [0.2, 0.25) is 10.0 Å². The van der Waals surface area contributed by atoms with E-state index in [4.69, 9.17) is 27.9 Å². The van der Waals surface area contributed by atoms with E-state index in [1.54, 1.807) is 20.8 Å². The molecule has 4 nitrogen and oxygen atoms in total. The molecule has 118 valence electrons. The summed E-state index contributed by atoms with van der Waals surface area (Å²) in [4.78, 5) is 11.5. The van der Waals surface area contributed by atoms with Crippen LogP contribution in [-0.4, -0.2) is 24.3 Å². The number of nitrogens with one attached hydrogen (secondary N) is 2. The third-order valence-corrected chi connectivity index (χ3v) is 2.90. The van der Waals surface area contributed by atoms with Crippen molar-refractivity contribution in [3.8, 4) is 0 Å². The molecule has 0 saturated carbocycles. The maximum Gasteiger partial charge on any atom is 0.407 e. The highest BCUT2D eigenvalue weighted by atomic mass is 35.5. The monoisotopic (exact) mass is 336 g/mol. The molecule has 1 amide bonds. The maximum absolute atomic E-state index is 13.3. The molecule has 1 aromatic carbocycles. The van der Waals surface area contributed by atoms with Crippen molar-refractivity contribution in [3.63, 3.8) is 0 Å². The number of carbonyl (C=O) groups is 1. The van der Waals surface area contributed by atoms with Crippen LogP contribution in [0.15, 0.2) is 12.1 Å². The summed E-state index contributed by atoms with van der Waals surface area (Å²) in [6.45, 7) is 7.55. The molecule has 0 bridgehead atoms. The fourth-order valence-corrected chi connectivity index (χ4v) is 2.01. The second-order valence-electron chi connectivity index (χ2n) is 5.68. The van der Waals surface area contributed by atoms with Gasteiger partial charge in [-0.05, 0) is 39.8 Å². The highest BCUT2D eigenvalue weighted by Crippen LogP contribution is 2.27. The van der Waals surface area contributed by atoms with Gasteiger partial charge in [0.1, 0.15) is 5.60 Å². The van der Waals surface area contributed by atoms with Gasteiger partial charge in [0.05, 0.1) is 10.0 Å². The zero-order valence-electron chi connectivity index (χ0n) is 12.4. The predicted octanol–water partition coefficient (Wildman–Crippen LogP) is 4.46. The summed E-state index contributed by atoms with van der Waals surface area (Å²) in [7, 11) is 0. The molecule has 0 aromatic heterocycles. The number of hydrogen-bond donors (Lipinski definition) is 2. The van der Waals surface area contributed by atoms with Crippen LogP contribution in [-0.2, 0) is 4.74 Å². The van der Waals surface area contributed by atoms with E-state index >= 15 is 0 Å². The van der Waals surface area contributed by atoms with Gasteiger partial charge in [0.2, 0.25) is 0 Å². The molecule has 0 heterocycles. The lowest BCUT2D eigenvalue weighted by atomic mass is 10.2.